The Morgan fingerprint density at radius 1 is 1.59 bits per heavy atom. The monoisotopic (exact) mass is 299 g/mol. The molecule has 1 aromatic rings. The fourth-order valence-electron chi connectivity index (χ4n) is 2.25. The van der Waals surface area contributed by atoms with Gasteiger partial charge in [0, 0.05) is 24.8 Å². The van der Waals surface area contributed by atoms with E-state index in [9.17, 15) is 4.79 Å². The average molecular weight is 300 g/mol. The first-order valence-electron chi connectivity index (χ1n) is 6.18. The lowest BCUT2D eigenvalue weighted by Crippen LogP contribution is -2.28. The molecule has 2 rings (SSSR count). The van der Waals surface area contributed by atoms with Crippen LogP contribution in [0.25, 0.3) is 0 Å². The molecule has 4 heteroatoms. The Morgan fingerprint density at radius 2 is 2.41 bits per heavy atom. The molecule has 3 nitrogen and oxygen atoms in total. The van der Waals surface area contributed by atoms with Crippen molar-refractivity contribution in [3.8, 4) is 0 Å². The van der Waals surface area contributed by atoms with Gasteiger partial charge in [0.2, 0.25) is 0 Å². The second-order valence-electron chi connectivity index (χ2n) is 4.50. The molecule has 1 aromatic heterocycles. The second kappa shape index (κ2) is 5.71. The molecule has 1 unspecified atom stereocenters. The summed E-state index contributed by atoms with van der Waals surface area (Å²) in [4.78, 5) is 14.1. The summed E-state index contributed by atoms with van der Waals surface area (Å²) in [6, 6.07) is 3.68. The molecule has 0 bridgehead atoms. The summed E-state index contributed by atoms with van der Waals surface area (Å²) < 4.78 is 5.50. The molecule has 0 aliphatic carbocycles. The molecule has 1 amide bonds. The molecule has 1 aliphatic heterocycles. The quantitative estimate of drug-likeness (QED) is 0.801. The van der Waals surface area contributed by atoms with Crippen molar-refractivity contribution >= 4 is 21.8 Å². The third kappa shape index (κ3) is 2.92. The van der Waals surface area contributed by atoms with Gasteiger partial charge in [0.1, 0.15) is 5.76 Å². The molecule has 1 aliphatic rings. The van der Waals surface area contributed by atoms with Gasteiger partial charge in [-0.2, -0.15) is 0 Å². The Hall–Kier alpha value is -0.770. The molecule has 1 atom stereocenters. The van der Waals surface area contributed by atoms with E-state index in [1.54, 1.807) is 6.07 Å². The Bertz CT molecular complexity index is 389. The zero-order chi connectivity index (χ0) is 12.3. The van der Waals surface area contributed by atoms with Crippen LogP contribution in [0.4, 0.5) is 0 Å². The van der Waals surface area contributed by atoms with Gasteiger partial charge in [0.25, 0.3) is 5.91 Å². The molecule has 17 heavy (non-hydrogen) atoms. The lowest BCUT2D eigenvalue weighted by atomic mass is 10.1. The maximum absolute atomic E-state index is 12.1. The summed E-state index contributed by atoms with van der Waals surface area (Å²) in [5.74, 6) is 2.05. The van der Waals surface area contributed by atoms with E-state index in [-0.39, 0.29) is 5.91 Å². The zero-order valence-electron chi connectivity index (χ0n) is 10.1. The molecule has 0 N–H and O–H groups in total. The van der Waals surface area contributed by atoms with Crippen LogP contribution in [0.3, 0.4) is 0 Å². The van der Waals surface area contributed by atoms with Gasteiger partial charge >= 0.3 is 0 Å². The first-order valence-corrected chi connectivity index (χ1v) is 7.30. The molecular weight excluding hydrogens is 282 g/mol. The van der Waals surface area contributed by atoms with Crippen LogP contribution in [0.15, 0.2) is 16.5 Å². The van der Waals surface area contributed by atoms with Crippen LogP contribution in [-0.4, -0.2) is 29.2 Å². The molecule has 0 aromatic carbocycles. The van der Waals surface area contributed by atoms with Crippen molar-refractivity contribution in [2.75, 3.05) is 18.4 Å². The lowest BCUT2D eigenvalue weighted by Gasteiger charge is -2.14. The largest absolute Gasteiger partial charge is 0.456 e. The number of carbonyl (C=O) groups is 1. The van der Waals surface area contributed by atoms with E-state index in [2.05, 4.69) is 15.9 Å². The fraction of sp³-hybridized carbons (Fsp3) is 0.615. The molecule has 0 spiro atoms. The Labute approximate surface area is 110 Å². The normalized spacial score (nSPS) is 19.9. The summed E-state index contributed by atoms with van der Waals surface area (Å²) in [5.41, 5.74) is 0. The maximum Gasteiger partial charge on any atom is 0.289 e. The van der Waals surface area contributed by atoms with E-state index in [0.29, 0.717) is 11.7 Å². The van der Waals surface area contributed by atoms with Gasteiger partial charge in [-0.1, -0.05) is 22.9 Å². The number of halogens is 1. The van der Waals surface area contributed by atoms with Gasteiger partial charge in [-0.05, 0) is 30.9 Å². The number of likely N-dealkylation sites (tertiary alicyclic amines) is 1. The first-order chi connectivity index (χ1) is 8.24. The predicted octanol–water partition coefficient (Wildman–Crippen LogP) is 3.09. The van der Waals surface area contributed by atoms with Gasteiger partial charge in [0.15, 0.2) is 5.76 Å². The number of aryl methyl sites for hydroxylation is 1. The third-order valence-corrected chi connectivity index (χ3v) is 3.77. The lowest BCUT2D eigenvalue weighted by molar-refractivity contribution is 0.0753. The molecule has 94 valence electrons. The van der Waals surface area contributed by atoms with Crippen molar-refractivity contribution in [1.82, 2.24) is 4.90 Å². The zero-order valence-corrected chi connectivity index (χ0v) is 11.7. The number of nitrogens with zero attached hydrogens (tertiary/aromatic N) is 1. The van der Waals surface area contributed by atoms with Crippen molar-refractivity contribution < 1.29 is 9.21 Å². The summed E-state index contributed by atoms with van der Waals surface area (Å²) in [7, 11) is 0. The van der Waals surface area contributed by atoms with Crippen LogP contribution in [0.5, 0.6) is 0 Å². The van der Waals surface area contributed by atoms with E-state index in [1.807, 2.05) is 17.9 Å². The first kappa shape index (κ1) is 12.7. The molecule has 2 heterocycles. The van der Waals surface area contributed by atoms with Crippen molar-refractivity contribution in [3.05, 3.63) is 23.7 Å². The SMILES string of the molecule is CCc1ccc(C(=O)N2CCC(CCBr)C2)o1. The minimum absolute atomic E-state index is 0.0433. The average Bonchev–Trinajstić information content (AvgIpc) is 2.97. The molecule has 1 saturated heterocycles. The highest BCUT2D eigenvalue weighted by molar-refractivity contribution is 9.09. The molecule has 0 radical (unpaired) electrons. The van der Waals surface area contributed by atoms with E-state index in [4.69, 9.17) is 4.42 Å². The fourth-order valence-corrected chi connectivity index (χ4v) is 2.89. The van der Waals surface area contributed by atoms with Crippen molar-refractivity contribution in [3.63, 3.8) is 0 Å². The van der Waals surface area contributed by atoms with Crippen molar-refractivity contribution in [1.29, 1.82) is 0 Å². The highest BCUT2D eigenvalue weighted by Gasteiger charge is 2.27. The summed E-state index contributed by atoms with van der Waals surface area (Å²) in [6.07, 6.45) is 3.08. The number of amides is 1. The summed E-state index contributed by atoms with van der Waals surface area (Å²) >= 11 is 3.45. The molecular formula is C13H18BrNO2. The van der Waals surface area contributed by atoms with Gasteiger partial charge in [0.05, 0.1) is 0 Å². The highest BCUT2D eigenvalue weighted by atomic mass is 79.9. The summed E-state index contributed by atoms with van der Waals surface area (Å²) in [5, 5.41) is 1.01. The number of carbonyl (C=O) groups excluding carboxylic acids is 1. The minimum Gasteiger partial charge on any atom is -0.456 e. The van der Waals surface area contributed by atoms with E-state index >= 15 is 0 Å². The van der Waals surface area contributed by atoms with Gasteiger partial charge in [-0.15, -0.1) is 0 Å². The van der Waals surface area contributed by atoms with E-state index in [1.165, 1.54) is 0 Å². The standard InChI is InChI=1S/C13H18BrNO2/c1-2-11-3-4-12(17-11)13(16)15-8-6-10(9-15)5-7-14/h3-4,10H,2,5-9H2,1H3. The Balaban J connectivity index is 1.96. The third-order valence-electron chi connectivity index (χ3n) is 3.31. The molecule has 0 saturated carbocycles. The highest BCUT2D eigenvalue weighted by Crippen LogP contribution is 2.22. The van der Waals surface area contributed by atoms with Gasteiger partial charge in [-0.3, -0.25) is 4.79 Å². The van der Waals surface area contributed by atoms with Crippen LogP contribution in [0.2, 0.25) is 0 Å². The van der Waals surface area contributed by atoms with Crippen LogP contribution in [-0.2, 0) is 6.42 Å². The van der Waals surface area contributed by atoms with Crippen LogP contribution in [0.1, 0.15) is 36.1 Å². The smallest absolute Gasteiger partial charge is 0.289 e. The van der Waals surface area contributed by atoms with E-state index < -0.39 is 0 Å². The molecule has 1 fully saturated rings. The Kier molecular flexibility index (Phi) is 4.26. The predicted molar refractivity (Wildman–Crippen MR) is 70.5 cm³/mol. The van der Waals surface area contributed by atoms with Crippen LogP contribution in [0, 0.1) is 5.92 Å². The van der Waals surface area contributed by atoms with Gasteiger partial charge < -0.3 is 9.32 Å². The van der Waals surface area contributed by atoms with Crippen LogP contribution < -0.4 is 0 Å². The number of hydrogen-bond donors (Lipinski definition) is 0. The van der Waals surface area contributed by atoms with Crippen molar-refractivity contribution in [2.45, 2.75) is 26.2 Å². The van der Waals surface area contributed by atoms with Crippen molar-refractivity contribution in [2.24, 2.45) is 5.92 Å². The second-order valence-corrected chi connectivity index (χ2v) is 5.30. The minimum atomic E-state index is 0.0433. The number of alkyl halides is 1. The number of hydrogen-bond acceptors (Lipinski definition) is 2. The number of furan rings is 1. The Morgan fingerprint density at radius 3 is 3.06 bits per heavy atom. The summed E-state index contributed by atoms with van der Waals surface area (Å²) in [6.45, 7) is 3.75. The van der Waals surface area contributed by atoms with Crippen LogP contribution >= 0.6 is 15.9 Å². The van der Waals surface area contributed by atoms with E-state index in [0.717, 1.165) is 43.4 Å². The number of rotatable bonds is 4. The van der Waals surface area contributed by atoms with Gasteiger partial charge in [-0.25, -0.2) is 0 Å². The maximum atomic E-state index is 12.1. The topological polar surface area (TPSA) is 33.5 Å².